The van der Waals surface area contributed by atoms with Crippen molar-refractivity contribution in [3.8, 4) is 0 Å². The maximum Gasteiger partial charge on any atom is 0.163 e. The van der Waals surface area contributed by atoms with Crippen LogP contribution in [-0.4, -0.2) is 53.1 Å². The second-order valence-corrected chi connectivity index (χ2v) is 5.00. The fourth-order valence-electron chi connectivity index (χ4n) is 2.14. The minimum Gasteiger partial charge on any atom is -0.394 e. The Bertz CT molecular complexity index is 221. The Balaban J connectivity index is 2.35. The lowest BCUT2D eigenvalue weighted by atomic mass is 9.92. The summed E-state index contributed by atoms with van der Waals surface area (Å²) in [7, 11) is 0. The molecule has 0 radical (unpaired) electrons. The van der Waals surface area contributed by atoms with Crippen molar-refractivity contribution < 1.29 is 24.8 Å². The van der Waals surface area contributed by atoms with E-state index in [-0.39, 0.29) is 12.5 Å². The molecule has 5 nitrogen and oxygen atoms in total. The molecule has 0 aromatic heterocycles. The second kappa shape index (κ2) is 8.07. The van der Waals surface area contributed by atoms with Crippen molar-refractivity contribution in [2.24, 2.45) is 5.92 Å². The SMILES string of the molecule is CCCCCCOC1OC(CO)C(O)C(O)C1C. The first-order chi connectivity index (χ1) is 8.61. The zero-order chi connectivity index (χ0) is 13.5. The van der Waals surface area contributed by atoms with E-state index in [1.807, 2.05) is 0 Å². The van der Waals surface area contributed by atoms with Crippen molar-refractivity contribution in [2.45, 2.75) is 64.1 Å². The van der Waals surface area contributed by atoms with Crippen LogP contribution in [0.2, 0.25) is 0 Å². The van der Waals surface area contributed by atoms with Crippen molar-refractivity contribution in [3.63, 3.8) is 0 Å². The Labute approximate surface area is 109 Å². The predicted molar refractivity (Wildman–Crippen MR) is 67.0 cm³/mol. The van der Waals surface area contributed by atoms with Gasteiger partial charge in [0, 0.05) is 12.5 Å². The lowest BCUT2D eigenvalue weighted by Crippen LogP contribution is -2.55. The van der Waals surface area contributed by atoms with E-state index in [9.17, 15) is 10.2 Å². The zero-order valence-corrected chi connectivity index (χ0v) is 11.3. The summed E-state index contributed by atoms with van der Waals surface area (Å²) in [6.45, 7) is 4.19. The fraction of sp³-hybridized carbons (Fsp3) is 1.00. The molecule has 1 fully saturated rings. The minimum absolute atomic E-state index is 0.297. The average Bonchev–Trinajstić information content (AvgIpc) is 2.38. The number of rotatable bonds is 7. The van der Waals surface area contributed by atoms with Gasteiger partial charge in [0.15, 0.2) is 6.29 Å². The number of unbranched alkanes of at least 4 members (excludes halogenated alkanes) is 3. The van der Waals surface area contributed by atoms with Crippen LogP contribution in [0, 0.1) is 5.92 Å². The molecule has 1 rings (SSSR count). The van der Waals surface area contributed by atoms with Gasteiger partial charge in [0.1, 0.15) is 12.2 Å². The van der Waals surface area contributed by atoms with Crippen molar-refractivity contribution >= 4 is 0 Å². The Kier molecular flexibility index (Phi) is 7.11. The highest BCUT2D eigenvalue weighted by Gasteiger charge is 2.42. The van der Waals surface area contributed by atoms with E-state index in [0.717, 1.165) is 12.8 Å². The molecule has 0 aromatic rings. The molecule has 1 saturated heterocycles. The van der Waals surface area contributed by atoms with Gasteiger partial charge in [-0.3, -0.25) is 0 Å². The van der Waals surface area contributed by atoms with Crippen LogP contribution >= 0.6 is 0 Å². The average molecular weight is 262 g/mol. The summed E-state index contributed by atoms with van der Waals surface area (Å²) in [5.41, 5.74) is 0. The lowest BCUT2D eigenvalue weighted by molar-refractivity contribution is -0.282. The van der Waals surface area contributed by atoms with Crippen LogP contribution in [0.1, 0.15) is 39.5 Å². The van der Waals surface area contributed by atoms with Gasteiger partial charge < -0.3 is 24.8 Å². The molecular weight excluding hydrogens is 236 g/mol. The Morgan fingerprint density at radius 2 is 1.83 bits per heavy atom. The van der Waals surface area contributed by atoms with E-state index in [1.165, 1.54) is 12.8 Å². The largest absolute Gasteiger partial charge is 0.394 e. The van der Waals surface area contributed by atoms with E-state index < -0.39 is 24.6 Å². The van der Waals surface area contributed by atoms with Gasteiger partial charge in [-0.1, -0.05) is 33.1 Å². The third-order valence-electron chi connectivity index (χ3n) is 3.47. The van der Waals surface area contributed by atoms with Crippen LogP contribution in [0.5, 0.6) is 0 Å². The van der Waals surface area contributed by atoms with E-state index in [1.54, 1.807) is 6.92 Å². The minimum atomic E-state index is -1.05. The molecule has 0 aliphatic carbocycles. The molecule has 5 heteroatoms. The van der Waals surface area contributed by atoms with Gasteiger partial charge >= 0.3 is 0 Å². The second-order valence-electron chi connectivity index (χ2n) is 5.00. The Hall–Kier alpha value is -0.200. The summed E-state index contributed by atoms with van der Waals surface area (Å²) in [5, 5.41) is 28.6. The highest BCUT2D eigenvalue weighted by Crippen LogP contribution is 2.26. The standard InChI is InChI=1S/C13H26O5/c1-3-4-5-6-7-17-13-9(2)11(15)12(16)10(8-14)18-13/h9-16H,3-8H2,1-2H3. The third kappa shape index (κ3) is 4.17. The first-order valence-electron chi connectivity index (χ1n) is 6.85. The third-order valence-corrected chi connectivity index (χ3v) is 3.47. The number of hydrogen-bond acceptors (Lipinski definition) is 5. The van der Waals surface area contributed by atoms with Crippen LogP contribution in [0.3, 0.4) is 0 Å². The summed E-state index contributed by atoms with van der Waals surface area (Å²) in [4.78, 5) is 0. The van der Waals surface area contributed by atoms with Crippen LogP contribution in [0.25, 0.3) is 0 Å². The van der Waals surface area contributed by atoms with Crippen LogP contribution < -0.4 is 0 Å². The molecule has 0 spiro atoms. The van der Waals surface area contributed by atoms with E-state index in [2.05, 4.69) is 6.92 Å². The summed E-state index contributed by atoms with van der Waals surface area (Å²) < 4.78 is 11.0. The van der Waals surface area contributed by atoms with Crippen LogP contribution in [0.15, 0.2) is 0 Å². The van der Waals surface area contributed by atoms with E-state index in [0.29, 0.717) is 6.61 Å². The predicted octanol–water partition coefficient (Wildman–Crippen LogP) is 0.658. The van der Waals surface area contributed by atoms with Crippen LogP contribution in [-0.2, 0) is 9.47 Å². The highest BCUT2D eigenvalue weighted by molar-refractivity contribution is 4.86. The molecule has 0 saturated carbocycles. The number of aliphatic hydroxyl groups excluding tert-OH is 3. The highest BCUT2D eigenvalue weighted by atomic mass is 16.7. The first kappa shape index (κ1) is 15.9. The summed E-state index contributed by atoms with van der Waals surface area (Å²) >= 11 is 0. The van der Waals surface area contributed by atoms with Crippen LogP contribution in [0.4, 0.5) is 0 Å². The van der Waals surface area contributed by atoms with Crippen molar-refractivity contribution in [1.29, 1.82) is 0 Å². The van der Waals surface area contributed by atoms with Gasteiger partial charge in [-0.2, -0.15) is 0 Å². The van der Waals surface area contributed by atoms with Gasteiger partial charge in [-0.25, -0.2) is 0 Å². The monoisotopic (exact) mass is 262 g/mol. The van der Waals surface area contributed by atoms with Gasteiger partial charge in [0.05, 0.1) is 12.7 Å². The summed E-state index contributed by atoms with van der Waals surface area (Å²) in [6, 6.07) is 0. The molecule has 3 N–H and O–H groups in total. The molecule has 1 aliphatic rings. The van der Waals surface area contributed by atoms with E-state index >= 15 is 0 Å². The van der Waals surface area contributed by atoms with E-state index in [4.69, 9.17) is 14.6 Å². The lowest BCUT2D eigenvalue weighted by Gasteiger charge is -2.40. The summed E-state index contributed by atoms with van der Waals surface area (Å²) in [6.07, 6.45) is 1.15. The first-order valence-corrected chi connectivity index (χ1v) is 6.85. The fourth-order valence-corrected chi connectivity index (χ4v) is 2.14. The van der Waals surface area contributed by atoms with Crippen molar-refractivity contribution in [1.82, 2.24) is 0 Å². The van der Waals surface area contributed by atoms with Gasteiger partial charge in [0.2, 0.25) is 0 Å². The molecule has 5 atom stereocenters. The molecular formula is C13H26O5. The molecule has 5 unspecified atom stereocenters. The molecule has 1 heterocycles. The number of aliphatic hydroxyl groups is 3. The maximum atomic E-state index is 9.84. The van der Waals surface area contributed by atoms with Gasteiger partial charge in [0.25, 0.3) is 0 Å². The van der Waals surface area contributed by atoms with Crippen molar-refractivity contribution in [3.05, 3.63) is 0 Å². The Morgan fingerprint density at radius 3 is 2.44 bits per heavy atom. The molecule has 18 heavy (non-hydrogen) atoms. The molecule has 108 valence electrons. The molecule has 0 bridgehead atoms. The number of hydrogen-bond donors (Lipinski definition) is 3. The smallest absolute Gasteiger partial charge is 0.163 e. The quantitative estimate of drug-likeness (QED) is 0.587. The summed E-state index contributed by atoms with van der Waals surface area (Å²) in [5.74, 6) is -0.297. The Morgan fingerprint density at radius 1 is 1.11 bits per heavy atom. The van der Waals surface area contributed by atoms with Gasteiger partial charge in [-0.05, 0) is 6.42 Å². The maximum absolute atomic E-state index is 9.84. The van der Waals surface area contributed by atoms with Crippen molar-refractivity contribution in [2.75, 3.05) is 13.2 Å². The number of ether oxygens (including phenoxy) is 2. The molecule has 0 aromatic carbocycles. The molecule has 0 amide bonds. The normalized spacial score (nSPS) is 36.8. The zero-order valence-electron chi connectivity index (χ0n) is 11.3. The molecule has 1 aliphatic heterocycles. The topological polar surface area (TPSA) is 79.2 Å². The van der Waals surface area contributed by atoms with Gasteiger partial charge in [-0.15, -0.1) is 0 Å².